The van der Waals surface area contributed by atoms with Crippen molar-refractivity contribution in [3.63, 3.8) is 0 Å². The Kier molecular flexibility index (Phi) is 5.95. The van der Waals surface area contributed by atoms with Gasteiger partial charge in [0.15, 0.2) is 11.0 Å². The normalized spacial score (nSPS) is 16.9. The van der Waals surface area contributed by atoms with E-state index in [1.165, 1.54) is 5.56 Å². The molecule has 4 rings (SSSR count). The Bertz CT molecular complexity index is 904. The van der Waals surface area contributed by atoms with Crippen LogP contribution in [-0.2, 0) is 9.47 Å². The molecular formula is C21H23N3O3S. The second-order valence-corrected chi connectivity index (χ2v) is 7.61. The maximum atomic E-state index is 5.66. The Morgan fingerprint density at radius 1 is 1.11 bits per heavy atom. The molecule has 1 fully saturated rings. The van der Waals surface area contributed by atoms with E-state index in [2.05, 4.69) is 46.0 Å². The number of thioether (sulfide) groups is 1. The predicted octanol–water partition coefficient (Wildman–Crippen LogP) is 4.11. The van der Waals surface area contributed by atoms with Crippen molar-refractivity contribution in [1.29, 1.82) is 0 Å². The Balaban J connectivity index is 1.67. The van der Waals surface area contributed by atoms with Crippen LogP contribution in [0.4, 0.5) is 0 Å². The molecular weight excluding hydrogens is 374 g/mol. The molecule has 7 heteroatoms. The molecule has 3 aromatic rings. The number of benzene rings is 2. The largest absolute Gasteiger partial charge is 0.497 e. The van der Waals surface area contributed by atoms with Gasteiger partial charge in [0.25, 0.3) is 0 Å². The van der Waals surface area contributed by atoms with Gasteiger partial charge >= 0.3 is 0 Å². The van der Waals surface area contributed by atoms with Crippen LogP contribution >= 0.6 is 11.8 Å². The van der Waals surface area contributed by atoms with Crippen molar-refractivity contribution in [2.45, 2.75) is 24.6 Å². The lowest BCUT2D eigenvalue weighted by molar-refractivity contribution is -0.130. The van der Waals surface area contributed by atoms with Crippen molar-refractivity contribution in [2.24, 2.45) is 0 Å². The van der Waals surface area contributed by atoms with Gasteiger partial charge in [0.05, 0.1) is 19.8 Å². The zero-order valence-corrected chi connectivity index (χ0v) is 16.8. The Labute approximate surface area is 168 Å². The smallest absolute Gasteiger partial charge is 0.196 e. The highest BCUT2D eigenvalue weighted by atomic mass is 32.2. The van der Waals surface area contributed by atoms with Crippen LogP contribution in [0.5, 0.6) is 5.75 Å². The van der Waals surface area contributed by atoms with E-state index in [-0.39, 0.29) is 6.10 Å². The van der Waals surface area contributed by atoms with E-state index >= 15 is 0 Å². The molecule has 2 heterocycles. The summed E-state index contributed by atoms with van der Waals surface area (Å²) in [6, 6.07) is 16.3. The summed E-state index contributed by atoms with van der Waals surface area (Å²) in [6.07, 6.45) is 1.07. The molecule has 0 bridgehead atoms. The van der Waals surface area contributed by atoms with E-state index in [1.54, 1.807) is 18.9 Å². The average molecular weight is 398 g/mol. The summed E-state index contributed by atoms with van der Waals surface area (Å²) >= 11 is 1.66. The standard InChI is InChI=1S/C21H23N3O3S/c1-15-3-7-17(8-4-15)24-20(16-5-9-18(25-2)10-6-16)22-23-21(24)28-13-19-11-12-26-14-27-19/h3-10,19H,11-14H2,1-2H3. The minimum Gasteiger partial charge on any atom is -0.497 e. The molecule has 0 N–H and O–H groups in total. The summed E-state index contributed by atoms with van der Waals surface area (Å²) in [4.78, 5) is 0. The Hall–Kier alpha value is -2.35. The predicted molar refractivity (Wildman–Crippen MR) is 109 cm³/mol. The molecule has 0 radical (unpaired) electrons. The summed E-state index contributed by atoms with van der Waals surface area (Å²) in [5, 5.41) is 9.82. The highest BCUT2D eigenvalue weighted by Gasteiger charge is 2.20. The van der Waals surface area contributed by atoms with Gasteiger partial charge in [-0.15, -0.1) is 10.2 Å². The van der Waals surface area contributed by atoms with Crippen LogP contribution in [0.2, 0.25) is 0 Å². The van der Waals surface area contributed by atoms with Crippen molar-refractivity contribution in [3.05, 3.63) is 54.1 Å². The van der Waals surface area contributed by atoms with Gasteiger partial charge in [0, 0.05) is 17.0 Å². The molecule has 0 amide bonds. The lowest BCUT2D eigenvalue weighted by Gasteiger charge is -2.22. The third kappa shape index (κ3) is 4.22. The fourth-order valence-electron chi connectivity index (χ4n) is 3.02. The summed E-state index contributed by atoms with van der Waals surface area (Å²) in [5.74, 6) is 2.44. The molecule has 6 nitrogen and oxygen atoms in total. The van der Waals surface area contributed by atoms with Gasteiger partial charge in [-0.05, 0) is 49.7 Å². The highest BCUT2D eigenvalue weighted by Crippen LogP contribution is 2.30. The molecule has 0 spiro atoms. The van der Waals surface area contributed by atoms with Crippen LogP contribution in [0.3, 0.4) is 0 Å². The number of rotatable bonds is 6. The maximum absolute atomic E-state index is 5.66. The first-order valence-electron chi connectivity index (χ1n) is 9.23. The molecule has 1 aliphatic rings. The van der Waals surface area contributed by atoms with E-state index in [1.807, 2.05) is 24.3 Å². The molecule has 146 valence electrons. The topological polar surface area (TPSA) is 58.4 Å². The molecule has 1 unspecified atom stereocenters. The van der Waals surface area contributed by atoms with Gasteiger partial charge in [0.1, 0.15) is 12.5 Å². The van der Waals surface area contributed by atoms with Crippen molar-refractivity contribution < 1.29 is 14.2 Å². The zero-order chi connectivity index (χ0) is 19.3. The fourth-order valence-corrected chi connectivity index (χ4v) is 4.03. The quantitative estimate of drug-likeness (QED) is 0.584. The zero-order valence-electron chi connectivity index (χ0n) is 16.0. The molecule has 1 aliphatic heterocycles. The Morgan fingerprint density at radius 2 is 1.89 bits per heavy atom. The second-order valence-electron chi connectivity index (χ2n) is 6.62. The van der Waals surface area contributed by atoms with Crippen LogP contribution in [0, 0.1) is 6.92 Å². The monoisotopic (exact) mass is 397 g/mol. The lowest BCUT2D eigenvalue weighted by Crippen LogP contribution is -2.25. The first kappa shape index (κ1) is 19.0. The molecule has 0 saturated carbocycles. The van der Waals surface area contributed by atoms with E-state index in [9.17, 15) is 0 Å². The maximum Gasteiger partial charge on any atom is 0.196 e. The van der Waals surface area contributed by atoms with Crippen LogP contribution in [-0.4, -0.2) is 47.1 Å². The summed E-state index contributed by atoms with van der Waals surface area (Å²) in [6.45, 7) is 3.19. The molecule has 1 atom stereocenters. The first-order chi connectivity index (χ1) is 13.7. The van der Waals surface area contributed by atoms with Crippen molar-refractivity contribution in [2.75, 3.05) is 26.3 Å². The highest BCUT2D eigenvalue weighted by molar-refractivity contribution is 7.99. The van der Waals surface area contributed by atoms with Gasteiger partial charge in [-0.3, -0.25) is 4.57 Å². The van der Waals surface area contributed by atoms with Crippen LogP contribution in [0.15, 0.2) is 53.7 Å². The van der Waals surface area contributed by atoms with Crippen molar-refractivity contribution in [1.82, 2.24) is 14.8 Å². The van der Waals surface area contributed by atoms with Crippen molar-refractivity contribution >= 4 is 11.8 Å². The SMILES string of the molecule is COc1ccc(-c2nnc(SCC3CCOCO3)n2-c2ccc(C)cc2)cc1. The fraction of sp³-hybridized carbons (Fsp3) is 0.333. The van der Waals surface area contributed by atoms with Gasteiger partial charge in [-0.1, -0.05) is 29.5 Å². The summed E-state index contributed by atoms with van der Waals surface area (Å²) < 4.78 is 18.3. The molecule has 1 saturated heterocycles. The lowest BCUT2D eigenvalue weighted by atomic mass is 10.2. The minimum atomic E-state index is 0.173. The molecule has 28 heavy (non-hydrogen) atoms. The van der Waals surface area contributed by atoms with Crippen LogP contribution in [0.25, 0.3) is 17.1 Å². The van der Waals surface area contributed by atoms with Crippen LogP contribution < -0.4 is 4.74 Å². The summed E-state index contributed by atoms with van der Waals surface area (Å²) in [7, 11) is 1.66. The number of aromatic nitrogens is 3. The van der Waals surface area contributed by atoms with E-state index in [0.717, 1.165) is 46.8 Å². The van der Waals surface area contributed by atoms with Gasteiger partial charge in [0.2, 0.25) is 0 Å². The average Bonchev–Trinajstić information content (AvgIpc) is 3.17. The number of aryl methyl sites for hydroxylation is 1. The van der Waals surface area contributed by atoms with Gasteiger partial charge < -0.3 is 14.2 Å². The number of hydrogen-bond acceptors (Lipinski definition) is 6. The van der Waals surface area contributed by atoms with E-state index < -0.39 is 0 Å². The van der Waals surface area contributed by atoms with E-state index in [0.29, 0.717) is 6.79 Å². The number of nitrogens with zero attached hydrogens (tertiary/aromatic N) is 3. The molecule has 0 aliphatic carbocycles. The third-order valence-electron chi connectivity index (χ3n) is 4.64. The van der Waals surface area contributed by atoms with Gasteiger partial charge in [-0.2, -0.15) is 0 Å². The first-order valence-corrected chi connectivity index (χ1v) is 10.2. The molecule has 1 aromatic heterocycles. The van der Waals surface area contributed by atoms with E-state index in [4.69, 9.17) is 14.2 Å². The molecule has 2 aromatic carbocycles. The minimum absolute atomic E-state index is 0.173. The van der Waals surface area contributed by atoms with Crippen LogP contribution in [0.1, 0.15) is 12.0 Å². The number of hydrogen-bond donors (Lipinski definition) is 0. The number of ether oxygens (including phenoxy) is 3. The third-order valence-corrected chi connectivity index (χ3v) is 5.70. The van der Waals surface area contributed by atoms with Gasteiger partial charge in [-0.25, -0.2) is 0 Å². The number of methoxy groups -OCH3 is 1. The Morgan fingerprint density at radius 3 is 2.57 bits per heavy atom. The second kappa shape index (κ2) is 8.77. The van der Waals surface area contributed by atoms with Crippen molar-refractivity contribution in [3.8, 4) is 22.8 Å². The summed E-state index contributed by atoms with van der Waals surface area (Å²) in [5.41, 5.74) is 3.24.